The van der Waals surface area contributed by atoms with Gasteiger partial charge < -0.3 is 25.8 Å². The smallest absolute Gasteiger partial charge is 0.389 e. The van der Waals surface area contributed by atoms with Crippen molar-refractivity contribution in [1.29, 1.82) is 0 Å². The molecule has 3 aromatic carbocycles. The Morgan fingerprint density at radius 3 is 2.42 bits per heavy atom. The number of fused-ring (bicyclic) bond motifs is 3. The normalized spacial score (nSPS) is 13.9. The van der Waals surface area contributed by atoms with Gasteiger partial charge in [0.05, 0.1) is 6.04 Å². The SMILES string of the molecule is NCCCC[C@H](Oc1c2c(cc(C(CCC(F)(F)F)NC(=O)CCc3ccccc3)c1PO)-c1ccccc1C2)C(=O)O. The van der Waals surface area contributed by atoms with Gasteiger partial charge in [-0.05, 0) is 72.5 Å². The molecule has 0 aromatic heterocycles. The second kappa shape index (κ2) is 14.8. The van der Waals surface area contributed by atoms with Crippen molar-refractivity contribution in [3.8, 4) is 16.9 Å². The van der Waals surface area contributed by atoms with Crippen LogP contribution < -0.4 is 21.1 Å². The molecule has 0 aliphatic heterocycles. The van der Waals surface area contributed by atoms with Gasteiger partial charge in [0.15, 0.2) is 6.10 Å². The van der Waals surface area contributed by atoms with E-state index in [2.05, 4.69) is 5.32 Å². The van der Waals surface area contributed by atoms with Gasteiger partial charge in [-0.25, -0.2) is 4.79 Å². The molecule has 5 N–H and O–H groups in total. The van der Waals surface area contributed by atoms with Crippen LogP contribution in [-0.2, 0) is 22.4 Å². The minimum absolute atomic E-state index is 0.0582. The molecular weight excluding hydrogens is 580 g/mol. The van der Waals surface area contributed by atoms with E-state index in [1.165, 1.54) is 0 Å². The number of hydrogen-bond donors (Lipinski definition) is 4. The zero-order valence-electron chi connectivity index (χ0n) is 23.6. The van der Waals surface area contributed by atoms with Crippen LogP contribution >= 0.6 is 8.81 Å². The van der Waals surface area contributed by atoms with E-state index in [0.29, 0.717) is 43.4 Å². The summed E-state index contributed by atoms with van der Waals surface area (Å²) in [7, 11) is -0.918. The summed E-state index contributed by atoms with van der Waals surface area (Å²) in [6, 6.07) is 17.4. The Labute approximate surface area is 250 Å². The van der Waals surface area contributed by atoms with Crippen molar-refractivity contribution in [3.05, 3.63) is 82.9 Å². The number of amides is 1. The molecule has 0 saturated carbocycles. The van der Waals surface area contributed by atoms with Crippen LogP contribution in [0.25, 0.3) is 11.1 Å². The summed E-state index contributed by atoms with van der Waals surface area (Å²) in [6.07, 6.45) is -5.22. The molecule has 43 heavy (non-hydrogen) atoms. The van der Waals surface area contributed by atoms with Gasteiger partial charge in [0.1, 0.15) is 5.75 Å². The minimum atomic E-state index is -4.48. The Morgan fingerprint density at radius 1 is 1.02 bits per heavy atom. The minimum Gasteiger partial charge on any atom is -0.479 e. The predicted molar refractivity (Wildman–Crippen MR) is 161 cm³/mol. The molecule has 2 unspecified atom stereocenters. The number of aliphatic carboxylic acids is 1. The number of carbonyl (C=O) groups is 2. The number of nitrogens with two attached hydrogens (primary N) is 1. The lowest BCUT2D eigenvalue weighted by molar-refractivity contribution is -0.145. The number of carboxylic acids is 1. The van der Waals surface area contributed by atoms with Crippen LogP contribution in [0.3, 0.4) is 0 Å². The van der Waals surface area contributed by atoms with Crippen molar-refractivity contribution in [3.63, 3.8) is 0 Å². The fourth-order valence-electron chi connectivity index (χ4n) is 5.41. The van der Waals surface area contributed by atoms with Gasteiger partial charge in [0.2, 0.25) is 5.91 Å². The lowest BCUT2D eigenvalue weighted by atomic mass is 9.94. The first-order valence-corrected chi connectivity index (χ1v) is 15.2. The Kier molecular flexibility index (Phi) is 11.2. The maximum Gasteiger partial charge on any atom is 0.389 e. The van der Waals surface area contributed by atoms with Crippen LogP contribution in [-0.4, -0.2) is 40.7 Å². The molecule has 3 atom stereocenters. The number of ether oxygens (including phenoxy) is 1. The van der Waals surface area contributed by atoms with Crippen LogP contribution in [0, 0.1) is 0 Å². The van der Waals surface area contributed by atoms with E-state index < -0.39 is 51.8 Å². The quantitative estimate of drug-likeness (QED) is 0.103. The van der Waals surface area contributed by atoms with Crippen molar-refractivity contribution in [2.45, 2.75) is 69.7 Å². The molecule has 0 heterocycles. The Morgan fingerprint density at radius 2 is 1.74 bits per heavy atom. The van der Waals surface area contributed by atoms with Gasteiger partial charge in [-0.3, -0.25) is 4.79 Å². The van der Waals surface area contributed by atoms with E-state index in [-0.39, 0.29) is 29.5 Å². The molecule has 4 rings (SSSR count). The summed E-state index contributed by atoms with van der Waals surface area (Å²) in [6.45, 7) is 0.390. The summed E-state index contributed by atoms with van der Waals surface area (Å²) in [5.74, 6) is -1.47. The fourth-order valence-corrected chi connectivity index (χ4v) is 6.10. The lowest BCUT2D eigenvalue weighted by Crippen LogP contribution is -2.34. The summed E-state index contributed by atoms with van der Waals surface area (Å²) < 4.78 is 46.5. The van der Waals surface area contributed by atoms with Gasteiger partial charge in [0, 0.05) is 38.9 Å². The molecule has 0 saturated heterocycles. The number of hydrogen-bond acceptors (Lipinski definition) is 5. The topological polar surface area (TPSA) is 122 Å². The third-order valence-corrected chi connectivity index (χ3v) is 8.31. The molecule has 1 amide bonds. The summed E-state index contributed by atoms with van der Waals surface area (Å²) >= 11 is 0. The Balaban J connectivity index is 1.76. The van der Waals surface area contributed by atoms with E-state index in [1.54, 1.807) is 6.07 Å². The van der Waals surface area contributed by atoms with E-state index in [4.69, 9.17) is 10.5 Å². The first-order chi connectivity index (χ1) is 20.6. The Bertz CT molecular complexity index is 1420. The molecule has 0 fully saturated rings. The fraction of sp³-hybridized carbons (Fsp3) is 0.375. The average molecular weight is 617 g/mol. The number of nitrogens with one attached hydrogen (secondary N) is 1. The third kappa shape index (κ3) is 8.56. The van der Waals surface area contributed by atoms with E-state index in [0.717, 1.165) is 16.7 Å². The van der Waals surface area contributed by atoms with Crippen LogP contribution in [0.15, 0.2) is 60.7 Å². The monoisotopic (exact) mass is 616 g/mol. The van der Waals surface area contributed by atoms with Gasteiger partial charge in [-0.2, -0.15) is 13.2 Å². The first kappa shape index (κ1) is 32.5. The van der Waals surface area contributed by atoms with E-state index >= 15 is 0 Å². The van der Waals surface area contributed by atoms with Crippen LogP contribution in [0.2, 0.25) is 0 Å². The molecule has 0 radical (unpaired) electrons. The van der Waals surface area contributed by atoms with Crippen LogP contribution in [0.5, 0.6) is 5.75 Å². The van der Waals surface area contributed by atoms with Crippen molar-refractivity contribution < 1.29 is 37.5 Å². The lowest BCUT2D eigenvalue weighted by Gasteiger charge is -2.27. The number of halogens is 3. The van der Waals surface area contributed by atoms with Crippen molar-refractivity contribution in [1.82, 2.24) is 5.32 Å². The van der Waals surface area contributed by atoms with Crippen molar-refractivity contribution in [2.75, 3.05) is 6.54 Å². The summed E-state index contributed by atoms with van der Waals surface area (Å²) in [5, 5.41) is 12.9. The van der Waals surface area contributed by atoms with Crippen LogP contribution in [0.1, 0.15) is 66.8 Å². The number of rotatable bonds is 15. The average Bonchev–Trinajstić information content (AvgIpc) is 3.36. The molecule has 0 spiro atoms. The van der Waals surface area contributed by atoms with E-state index in [9.17, 15) is 32.8 Å². The zero-order valence-corrected chi connectivity index (χ0v) is 24.6. The van der Waals surface area contributed by atoms with Gasteiger partial charge in [-0.1, -0.05) is 54.6 Å². The molecular formula is C32H36F3N2O5P. The predicted octanol–water partition coefficient (Wildman–Crippen LogP) is 5.56. The first-order valence-electron chi connectivity index (χ1n) is 14.3. The maximum atomic E-state index is 13.5. The summed E-state index contributed by atoms with van der Waals surface area (Å²) in [4.78, 5) is 35.9. The highest BCUT2D eigenvalue weighted by atomic mass is 31.1. The molecule has 3 aromatic rings. The van der Waals surface area contributed by atoms with Gasteiger partial charge >= 0.3 is 12.1 Å². The van der Waals surface area contributed by atoms with Gasteiger partial charge in [0.25, 0.3) is 0 Å². The van der Waals surface area contributed by atoms with Crippen LogP contribution in [0.4, 0.5) is 13.2 Å². The largest absolute Gasteiger partial charge is 0.479 e. The van der Waals surface area contributed by atoms with E-state index in [1.807, 2.05) is 54.6 Å². The number of aryl methyl sites for hydroxylation is 1. The molecule has 1 aliphatic rings. The number of unbranched alkanes of at least 4 members (excludes halogenated alkanes) is 1. The molecule has 230 valence electrons. The molecule has 0 bridgehead atoms. The number of carbonyl (C=O) groups excluding carboxylic acids is 1. The number of carboxylic acid groups (broad SMARTS) is 1. The third-order valence-electron chi connectivity index (χ3n) is 7.57. The molecule has 1 aliphatic carbocycles. The highest BCUT2D eigenvalue weighted by Crippen LogP contribution is 2.45. The Hall–Kier alpha value is -3.46. The highest BCUT2D eigenvalue weighted by Gasteiger charge is 2.34. The highest BCUT2D eigenvalue weighted by molar-refractivity contribution is 7.41. The van der Waals surface area contributed by atoms with Gasteiger partial charge in [-0.15, -0.1) is 0 Å². The number of alkyl halides is 3. The number of benzene rings is 3. The second-order valence-electron chi connectivity index (χ2n) is 10.6. The van der Waals surface area contributed by atoms with Crippen molar-refractivity contribution in [2.24, 2.45) is 5.73 Å². The maximum absolute atomic E-state index is 13.5. The van der Waals surface area contributed by atoms with Crippen molar-refractivity contribution >= 4 is 26.0 Å². The standard InChI is InChI=1S/C32H36F3N2O5P/c33-32(34,35)16-15-26(37-28(38)14-13-20-8-2-1-3-9-20)25-19-23-22-11-5-4-10-21(22)18-24(23)29(30(25)43-41)42-27(31(39)40)12-6-7-17-36/h1-5,8-11,19,26-27,41,43H,6-7,12-18,36H2,(H,37,38)(H,39,40)/t26?,27-/m0/s1. The second-order valence-corrected chi connectivity index (χ2v) is 11.4. The zero-order chi connectivity index (χ0) is 31.0. The molecule has 11 heteroatoms. The summed E-state index contributed by atoms with van der Waals surface area (Å²) in [5.41, 5.74) is 9.92. The molecule has 7 nitrogen and oxygen atoms in total.